The Labute approximate surface area is 127 Å². The lowest BCUT2D eigenvalue weighted by molar-refractivity contribution is 0.320. The normalized spacial score (nSPS) is 27.1. The molecule has 1 aromatic rings. The van der Waals surface area contributed by atoms with Gasteiger partial charge in [0, 0.05) is 35.9 Å². The van der Waals surface area contributed by atoms with Gasteiger partial charge in [-0.15, -0.1) is 0 Å². The molecule has 1 N–H and O–H groups in total. The van der Waals surface area contributed by atoms with Crippen molar-refractivity contribution in [1.29, 1.82) is 0 Å². The summed E-state index contributed by atoms with van der Waals surface area (Å²) in [4.78, 5) is 2.60. The molecule has 1 aliphatic heterocycles. The van der Waals surface area contributed by atoms with Crippen molar-refractivity contribution in [2.75, 3.05) is 18.0 Å². The van der Waals surface area contributed by atoms with Crippen molar-refractivity contribution >= 4 is 17.3 Å². The van der Waals surface area contributed by atoms with Gasteiger partial charge in [-0.25, -0.2) is 0 Å². The molecule has 1 aliphatic carbocycles. The molecule has 1 saturated carbocycles. The molecule has 2 unspecified atom stereocenters. The van der Waals surface area contributed by atoms with E-state index in [0.717, 1.165) is 24.0 Å². The van der Waals surface area contributed by atoms with Crippen LogP contribution in [0.25, 0.3) is 0 Å². The molecule has 2 aliphatic rings. The van der Waals surface area contributed by atoms with E-state index in [4.69, 9.17) is 11.6 Å². The summed E-state index contributed by atoms with van der Waals surface area (Å²) in [5, 5.41) is 4.61. The maximum atomic E-state index is 6.23. The maximum absolute atomic E-state index is 6.23. The van der Waals surface area contributed by atoms with Crippen molar-refractivity contribution in [3.05, 3.63) is 28.8 Å². The van der Waals surface area contributed by atoms with Gasteiger partial charge in [-0.2, -0.15) is 0 Å². The molecule has 1 aromatic carbocycles. The van der Waals surface area contributed by atoms with Gasteiger partial charge in [0.05, 0.1) is 0 Å². The summed E-state index contributed by atoms with van der Waals surface area (Å²) in [7, 11) is 0. The fourth-order valence-electron chi connectivity index (χ4n) is 3.37. The molecule has 0 bridgehead atoms. The highest BCUT2D eigenvalue weighted by Gasteiger charge is 2.38. The van der Waals surface area contributed by atoms with Gasteiger partial charge in [-0.1, -0.05) is 31.5 Å². The molecule has 110 valence electrons. The first kappa shape index (κ1) is 14.2. The van der Waals surface area contributed by atoms with E-state index in [0.29, 0.717) is 18.0 Å². The van der Waals surface area contributed by atoms with Crippen molar-refractivity contribution < 1.29 is 0 Å². The second-order valence-corrected chi connectivity index (χ2v) is 7.18. The number of rotatable bonds is 3. The Hall–Kier alpha value is -0.730. The van der Waals surface area contributed by atoms with Crippen LogP contribution in [0.4, 0.5) is 5.69 Å². The van der Waals surface area contributed by atoms with E-state index in [1.54, 1.807) is 0 Å². The van der Waals surface area contributed by atoms with Crippen LogP contribution in [-0.4, -0.2) is 25.2 Å². The zero-order chi connectivity index (χ0) is 14.3. The molecule has 0 aromatic heterocycles. The molecule has 2 nitrogen and oxygen atoms in total. The molecular weight excluding hydrogens is 268 g/mol. The summed E-state index contributed by atoms with van der Waals surface area (Å²) in [6.45, 7) is 9.03. The molecule has 1 heterocycles. The van der Waals surface area contributed by atoms with Crippen LogP contribution in [0.5, 0.6) is 0 Å². The van der Waals surface area contributed by atoms with Crippen LogP contribution < -0.4 is 10.2 Å². The maximum Gasteiger partial charge on any atom is 0.0438 e. The second-order valence-electron chi connectivity index (χ2n) is 6.75. The quantitative estimate of drug-likeness (QED) is 0.910. The molecule has 0 spiro atoms. The Morgan fingerprint density at radius 2 is 2.05 bits per heavy atom. The van der Waals surface area contributed by atoms with E-state index in [9.17, 15) is 0 Å². The Bertz CT molecular complexity index is 482. The van der Waals surface area contributed by atoms with Crippen LogP contribution >= 0.6 is 11.6 Å². The lowest BCUT2D eigenvalue weighted by Gasteiger charge is -2.44. The third-order valence-electron chi connectivity index (χ3n) is 4.82. The van der Waals surface area contributed by atoms with Crippen LogP contribution in [0.3, 0.4) is 0 Å². The van der Waals surface area contributed by atoms with E-state index in [2.05, 4.69) is 43.1 Å². The molecule has 2 atom stereocenters. The van der Waals surface area contributed by atoms with Gasteiger partial charge in [0.15, 0.2) is 0 Å². The summed E-state index contributed by atoms with van der Waals surface area (Å²) in [6.07, 6.45) is 2.79. The number of nitrogens with one attached hydrogen (secondary N) is 1. The van der Waals surface area contributed by atoms with Gasteiger partial charge < -0.3 is 10.2 Å². The first-order valence-corrected chi connectivity index (χ1v) is 8.20. The summed E-state index contributed by atoms with van der Waals surface area (Å²) >= 11 is 6.23. The summed E-state index contributed by atoms with van der Waals surface area (Å²) in [5.41, 5.74) is 2.65. The highest BCUT2D eigenvalue weighted by atomic mass is 35.5. The number of anilines is 1. The van der Waals surface area contributed by atoms with Crippen molar-refractivity contribution in [1.82, 2.24) is 5.32 Å². The number of nitrogens with zero attached hydrogens (tertiary/aromatic N) is 1. The Morgan fingerprint density at radius 1 is 1.30 bits per heavy atom. The summed E-state index contributed by atoms with van der Waals surface area (Å²) in [6, 6.07) is 7.49. The molecule has 0 radical (unpaired) electrons. The van der Waals surface area contributed by atoms with Crippen LogP contribution in [0.1, 0.15) is 32.3 Å². The second kappa shape index (κ2) is 5.57. The largest absolute Gasteiger partial charge is 0.365 e. The predicted octanol–water partition coefficient (Wildman–Crippen LogP) is 3.86. The zero-order valence-corrected chi connectivity index (χ0v) is 13.5. The van der Waals surface area contributed by atoms with Gasteiger partial charge >= 0.3 is 0 Å². The standard InChI is InChI=1S/C17H25ClN2/c1-11(2)17-9-19-15(13-5-6-13)10-20(17)16-8-14(18)7-4-12(16)3/h4,7-8,11,13,15,17,19H,5-6,9-10H2,1-3H3. The number of hydrogen-bond acceptors (Lipinski definition) is 2. The van der Waals surface area contributed by atoms with Gasteiger partial charge in [-0.05, 0) is 49.3 Å². The topological polar surface area (TPSA) is 15.3 Å². The van der Waals surface area contributed by atoms with Gasteiger partial charge in [0.1, 0.15) is 0 Å². The summed E-state index contributed by atoms with van der Waals surface area (Å²) < 4.78 is 0. The number of halogens is 1. The Morgan fingerprint density at radius 3 is 2.70 bits per heavy atom. The van der Waals surface area contributed by atoms with Gasteiger partial charge in [0.2, 0.25) is 0 Å². The van der Waals surface area contributed by atoms with Gasteiger partial charge in [-0.3, -0.25) is 0 Å². The average molecular weight is 293 g/mol. The molecule has 3 heteroatoms. The number of aryl methyl sites for hydroxylation is 1. The number of piperazine rings is 1. The van der Waals surface area contributed by atoms with Crippen molar-refractivity contribution in [2.45, 2.75) is 45.7 Å². The minimum Gasteiger partial charge on any atom is -0.365 e. The van der Waals surface area contributed by atoms with Crippen LogP contribution in [-0.2, 0) is 0 Å². The average Bonchev–Trinajstić information content (AvgIpc) is 3.25. The number of hydrogen-bond donors (Lipinski definition) is 1. The third-order valence-corrected chi connectivity index (χ3v) is 5.06. The molecule has 2 fully saturated rings. The monoisotopic (exact) mass is 292 g/mol. The van der Waals surface area contributed by atoms with Crippen molar-refractivity contribution in [3.8, 4) is 0 Å². The highest BCUT2D eigenvalue weighted by Crippen LogP contribution is 2.37. The van der Waals surface area contributed by atoms with E-state index in [-0.39, 0.29) is 0 Å². The Balaban J connectivity index is 1.89. The molecule has 1 saturated heterocycles. The first-order chi connectivity index (χ1) is 9.56. The van der Waals surface area contributed by atoms with Crippen LogP contribution in [0, 0.1) is 18.8 Å². The lowest BCUT2D eigenvalue weighted by Crippen LogP contribution is -2.59. The predicted molar refractivity (Wildman–Crippen MR) is 86.7 cm³/mol. The minimum absolute atomic E-state index is 0.558. The van der Waals surface area contributed by atoms with E-state index in [1.807, 2.05) is 6.07 Å². The zero-order valence-electron chi connectivity index (χ0n) is 12.7. The van der Waals surface area contributed by atoms with Gasteiger partial charge in [0.25, 0.3) is 0 Å². The third kappa shape index (κ3) is 2.82. The minimum atomic E-state index is 0.558. The molecule has 20 heavy (non-hydrogen) atoms. The first-order valence-electron chi connectivity index (χ1n) is 7.82. The molecule has 3 rings (SSSR count). The Kier molecular flexibility index (Phi) is 3.96. The van der Waals surface area contributed by atoms with E-state index in [1.165, 1.54) is 24.1 Å². The number of benzene rings is 1. The van der Waals surface area contributed by atoms with E-state index < -0.39 is 0 Å². The van der Waals surface area contributed by atoms with E-state index >= 15 is 0 Å². The van der Waals surface area contributed by atoms with Crippen LogP contribution in [0.2, 0.25) is 5.02 Å². The van der Waals surface area contributed by atoms with Crippen LogP contribution in [0.15, 0.2) is 18.2 Å². The molecular formula is C17H25ClN2. The van der Waals surface area contributed by atoms with Crippen molar-refractivity contribution in [2.24, 2.45) is 11.8 Å². The smallest absolute Gasteiger partial charge is 0.0438 e. The van der Waals surface area contributed by atoms with Crippen molar-refractivity contribution in [3.63, 3.8) is 0 Å². The summed E-state index contributed by atoms with van der Waals surface area (Å²) in [5.74, 6) is 1.53. The highest BCUT2D eigenvalue weighted by molar-refractivity contribution is 6.30. The lowest BCUT2D eigenvalue weighted by atomic mass is 9.95. The SMILES string of the molecule is Cc1ccc(Cl)cc1N1CC(C2CC2)NCC1C(C)C. The molecule has 0 amide bonds. The fourth-order valence-corrected chi connectivity index (χ4v) is 3.54. The fraction of sp³-hybridized carbons (Fsp3) is 0.647.